The predicted octanol–water partition coefficient (Wildman–Crippen LogP) is 4.15. The monoisotopic (exact) mass is 280 g/mol. The van der Waals surface area contributed by atoms with Crippen LogP contribution in [0.15, 0.2) is 66.2 Å². The molecule has 3 rings (SSSR count). The lowest BCUT2D eigenvalue weighted by molar-refractivity contribution is 0.141. The summed E-state index contributed by atoms with van der Waals surface area (Å²) in [6.07, 6.45) is 3.26. The molecular formula is C19H20O2. The van der Waals surface area contributed by atoms with E-state index in [1.807, 2.05) is 30.3 Å². The summed E-state index contributed by atoms with van der Waals surface area (Å²) in [5.74, 6) is 1.01. The molecule has 2 aromatic rings. The zero-order chi connectivity index (χ0) is 14.5. The lowest BCUT2D eigenvalue weighted by atomic mass is 10.1. The van der Waals surface area contributed by atoms with Crippen molar-refractivity contribution in [2.45, 2.75) is 26.1 Å². The molecule has 0 aromatic heterocycles. The maximum atomic E-state index is 5.91. The smallest absolute Gasteiger partial charge is 0.123 e. The summed E-state index contributed by atoms with van der Waals surface area (Å²) < 4.78 is 11.7. The van der Waals surface area contributed by atoms with Crippen molar-refractivity contribution in [3.63, 3.8) is 0 Å². The van der Waals surface area contributed by atoms with Crippen molar-refractivity contribution in [2.24, 2.45) is 0 Å². The maximum Gasteiger partial charge on any atom is 0.123 e. The summed E-state index contributed by atoms with van der Waals surface area (Å²) in [5.41, 5.74) is 3.70. The highest BCUT2D eigenvalue weighted by Gasteiger charge is 2.20. The molecule has 2 heteroatoms. The first-order valence-corrected chi connectivity index (χ1v) is 7.35. The molecule has 2 nitrogen and oxygen atoms in total. The third-order valence-corrected chi connectivity index (χ3v) is 3.58. The Morgan fingerprint density at radius 1 is 1.14 bits per heavy atom. The number of rotatable bonds is 5. The van der Waals surface area contributed by atoms with Gasteiger partial charge in [0.2, 0.25) is 0 Å². The number of benzene rings is 2. The Morgan fingerprint density at radius 2 is 1.90 bits per heavy atom. The molecule has 21 heavy (non-hydrogen) atoms. The van der Waals surface area contributed by atoms with Gasteiger partial charge in [0, 0.05) is 6.42 Å². The zero-order valence-corrected chi connectivity index (χ0v) is 12.3. The van der Waals surface area contributed by atoms with E-state index in [1.165, 1.54) is 16.7 Å². The Balaban J connectivity index is 1.49. The lowest BCUT2D eigenvalue weighted by Crippen LogP contribution is -2.11. The predicted molar refractivity (Wildman–Crippen MR) is 84.4 cm³/mol. The first-order chi connectivity index (χ1) is 10.3. The van der Waals surface area contributed by atoms with Gasteiger partial charge in [0.15, 0.2) is 0 Å². The molecule has 2 aromatic carbocycles. The highest BCUT2D eigenvalue weighted by atomic mass is 16.5. The Kier molecular flexibility index (Phi) is 4.37. The Labute approximate surface area is 126 Å². The summed E-state index contributed by atoms with van der Waals surface area (Å²) in [4.78, 5) is 0. The number of fused-ring (bicyclic) bond motifs is 1. The molecule has 0 fully saturated rings. The third-order valence-electron chi connectivity index (χ3n) is 3.58. The van der Waals surface area contributed by atoms with Crippen LogP contribution in [0.25, 0.3) is 0 Å². The van der Waals surface area contributed by atoms with E-state index in [0.29, 0.717) is 13.2 Å². The van der Waals surface area contributed by atoms with Gasteiger partial charge in [0.1, 0.15) is 11.9 Å². The minimum atomic E-state index is 0.141. The van der Waals surface area contributed by atoms with Gasteiger partial charge in [-0.05, 0) is 35.8 Å². The van der Waals surface area contributed by atoms with Crippen LogP contribution in [0.2, 0.25) is 0 Å². The third kappa shape index (κ3) is 3.73. The van der Waals surface area contributed by atoms with Crippen molar-refractivity contribution < 1.29 is 9.47 Å². The van der Waals surface area contributed by atoms with Crippen LogP contribution in [-0.2, 0) is 17.8 Å². The second kappa shape index (κ2) is 6.59. The molecule has 1 aliphatic heterocycles. The van der Waals surface area contributed by atoms with Gasteiger partial charge in [-0.3, -0.25) is 0 Å². The Hall–Kier alpha value is -2.06. The average Bonchev–Trinajstić information content (AvgIpc) is 2.90. The van der Waals surface area contributed by atoms with E-state index in [-0.39, 0.29) is 6.10 Å². The SMILES string of the molecule is CC(=CC1Cc2ccccc2O1)COCc1ccccc1. The molecule has 0 saturated carbocycles. The van der Waals surface area contributed by atoms with Crippen molar-refractivity contribution in [3.05, 3.63) is 77.4 Å². The van der Waals surface area contributed by atoms with Crippen molar-refractivity contribution in [2.75, 3.05) is 6.61 Å². The molecule has 0 aliphatic carbocycles. The minimum Gasteiger partial charge on any atom is -0.486 e. The van der Waals surface area contributed by atoms with E-state index in [1.54, 1.807) is 0 Å². The van der Waals surface area contributed by atoms with Crippen molar-refractivity contribution in [3.8, 4) is 5.75 Å². The van der Waals surface area contributed by atoms with Gasteiger partial charge in [-0.15, -0.1) is 0 Å². The Morgan fingerprint density at radius 3 is 2.71 bits per heavy atom. The van der Waals surface area contributed by atoms with Crippen LogP contribution in [0.5, 0.6) is 5.75 Å². The fraction of sp³-hybridized carbons (Fsp3) is 0.263. The molecule has 0 amide bonds. The number of hydrogen-bond donors (Lipinski definition) is 0. The van der Waals surface area contributed by atoms with Crippen LogP contribution in [0.3, 0.4) is 0 Å². The van der Waals surface area contributed by atoms with Gasteiger partial charge >= 0.3 is 0 Å². The van der Waals surface area contributed by atoms with Crippen LogP contribution in [0.4, 0.5) is 0 Å². The van der Waals surface area contributed by atoms with Gasteiger partial charge in [0.05, 0.1) is 13.2 Å². The van der Waals surface area contributed by atoms with Crippen molar-refractivity contribution in [1.29, 1.82) is 0 Å². The molecule has 1 atom stereocenters. The highest BCUT2D eigenvalue weighted by molar-refractivity contribution is 5.38. The fourth-order valence-corrected chi connectivity index (χ4v) is 2.57. The van der Waals surface area contributed by atoms with Crippen LogP contribution in [0, 0.1) is 0 Å². The molecule has 0 bridgehead atoms. The molecule has 108 valence electrons. The van der Waals surface area contributed by atoms with E-state index >= 15 is 0 Å². The molecule has 1 unspecified atom stereocenters. The van der Waals surface area contributed by atoms with E-state index in [2.05, 4.69) is 37.3 Å². The van der Waals surface area contributed by atoms with E-state index in [9.17, 15) is 0 Å². The van der Waals surface area contributed by atoms with Gasteiger partial charge in [0.25, 0.3) is 0 Å². The second-order valence-electron chi connectivity index (χ2n) is 5.46. The summed E-state index contributed by atoms with van der Waals surface area (Å²) in [7, 11) is 0. The molecule has 0 saturated heterocycles. The van der Waals surface area contributed by atoms with E-state index in [4.69, 9.17) is 9.47 Å². The fourth-order valence-electron chi connectivity index (χ4n) is 2.57. The normalized spacial score (nSPS) is 17.4. The molecule has 0 N–H and O–H groups in total. The van der Waals surface area contributed by atoms with Crippen LogP contribution in [0.1, 0.15) is 18.1 Å². The first-order valence-electron chi connectivity index (χ1n) is 7.35. The summed E-state index contributed by atoms with van der Waals surface area (Å²) >= 11 is 0. The molecule has 0 radical (unpaired) electrons. The van der Waals surface area contributed by atoms with Crippen molar-refractivity contribution in [1.82, 2.24) is 0 Å². The number of hydrogen-bond acceptors (Lipinski definition) is 2. The standard InChI is InChI=1S/C19H20O2/c1-15(13-20-14-16-7-3-2-4-8-16)11-18-12-17-9-5-6-10-19(17)21-18/h2-11,18H,12-14H2,1H3. The minimum absolute atomic E-state index is 0.141. The Bertz CT molecular complexity index is 591. The second-order valence-corrected chi connectivity index (χ2v) is 5.46. The number of ether oxygens (including phenoxy) is 2. The van der Waals surface area contributed by atoms with Crippen molar-refractivity contribution >= 4 is 0 Å². The van der Waals surface area contributed by atoms with Gasteiger partial charge in [-0.1, -0.05) is 48.5 Å². The quantitative estimate of drug-likeness (QED) is 0.766. The van der Waals surface area contributed by atoms with E-state index in [0.717, 1.165) is 12.2 Å². The molecule has 0 spiro atoms. The maximum absolute atomic E-state index is 5.91. The summed E-state index contributed by atoms with van der Waals surface area (Å²) in [6.45, 7) is 3.39. The highest BCUT2D eigenvalue weighted by Crippen LogP contribution is 2.29. The first kappa shape index (κ1) is 13.9. The largest absolute Gasteiger partial charge is 0.486 e. The lowest BCUT2D eigenvalue weighted by Gasteiger charge is -2.09. The van der Waals surface area contributed by atoms with E-state index < -0.39 is 0 Å². The molecule has 1 heterocycles. The van der Waals surface area contributed by atoms with Gasteiger partial charge in [-0.25, -0.2) is 0 Å². The van der Waals surface area contributed by atoms with Crippen LogP contribution in [-0.4, -0.2) is 12.7 Å². The molecule has 1 aliphatic rings. The van der Waals surface area contributed by atoms with Crippen LogP contribution >= 0.6 is 0 Å². The zero-order valence-electron chi connectivity index (χ0n) is 12.3. The summed E-state index contributed by atoms with van der Waals surface area (Å²) in [5, 5.41) is 0. The topological polar surface area (TPSA) is 18.5 Å². The van der Waals surface area contributed by atoms with Crippen LogP contribution < -0.4 is 4.74 Å². The van der Waals surface area contributed by atoms with Gasteiger partial charge in [-0.2, -0.15) is 0 Å². The molecular weight excluding hydrogens is 260 g/mol. The summed E-state index contributed by atoms with van der Waals surface area (Å²) in [6, 6.07) is 18.5. The van der Waals surface area contributed by atoms with Gasteiger partial charge < -0.3 is 9.47 Å². The average molecular weight is 280 g/mol. The number of para-hydroxylation sites is 1.